The van der Waals surface area contributed by atoms with Crippen LogP contribution in [0, 0.1) is 5.41 Å². The third-order valence-electron chi connectivity index (χ3n) is 4.14. The SMILES string of the molecule is CC(C)(C)[C@H](N)C(=O)NCC(c1cccs1)N1CCCC1.Cl.Cl. The molecule has 4 nitrogen and oxygen atoms in total. The first kappa shape index (κ1) is 22.7. The predicted octanol–water partition coefficient (Wildman–Crippen LogP) is 3.22. The molecule has 0 aromatic carbocycles. The zero-order valence-electron chi connectivity index (χ0n) is 14.1. The molecule has 0 saturated carbocycles. The van der Waals surface area contributed by atoms with Gasteiger partial charge in [0, 0.05) is 11.4 Å². The minimum Gasteiger partial charge on any atom is -0.353 e. The number of amides is 1. The monoisotopic (exact) mass is 381 g/mol. The summed E-state index contributed by atoms with van der Waals surface area (Å²) in [5.41, 5.74) is 5.82. The lowest BCUT2D eigenvalue weighted by Gasteiger charge is -2.30. The van der Waals surface area contributed by atoms with Crippen LogP contribution in [0.15, 0.2) is 17.5 Å². The number of carbonyl (C=O) groups excluding carboxylic acids is 1. The fourth-order valence-electron chi connectivity index (χ4n) is 2.64. The van der Waals surface area contributed by atoms with Crippen LogP contribution in [0.3, 0.4) is 0 Å². The first-order chi connectivity index (χ1) is 9.89. The smallest absolute Gasteiger partial charge is 0.237 e. The largest absolute Gasteiger partial charge is 0.353 e. The van der Waals surface area contributed by atoms with Crippen molar-refractivity contribution in [2.75, 3.05) is 19.6 Å². The summed E-state index contributed by atoms with van der Waals surface area (Å²) in [6, 6.07) is 4.04. The Morgan fingerprint density at radius 2 is 1.96 bits per heavy atom. The molecular formula is C16H29Cl2N3OS. The van der Waals surface area contributed by atoms with Crippen LogP contribution in [0.1, 0.15) is 44.5 Å². The third kappa shape index (κ3) is 6.24. The highest BCUT2D eigenvalue weighted by atomic mass is 35.5. The van der Waals surface area contributed by atoms with Crippen molar-refractivity contribution in [2.24, 2.45) is 11.1 Å². The highest BCUT2D eigenvalue weighted by Gasteiger charge is 2.29. The number of hydrogen-bond acceptors (Lipinski definition) is 4. The Hall–Kier alpha value is -0.330. The number of halogens is 2. The zero-order chi connectivity index (χ0) is 15.5. The molecule has 1 aromatic heterocycles. The van der Waals surface area contributed by atoms with Crippen molar-refractivity contribution in [1.82, 2.24) is 10.2 Å². The molecule has 0 aliphatic carbocycles. The molecule has 1 aromatic rings. The van der Waals surface area contributed by atoms with E-state index in [1.165, 1.54) is 17.7 Å². The Bertz CT molecular complexity index is 456. The molecule has 23 heavy (non-hydrogen) atoms. The molecule has 3 N–H and O–H groups in total. The maximum Gasteiger partial charge on any atom is 0.237 e. The fourth-order valence-corrected chi connectivity index (χ4v) is 3.51. The average Bonchev–Trinajstić information content (AvgIpc) is 3.10. The van der Waals surface area contributed by atoms with Crippen LogP contribution in [-0.4, -0.2) is 36.5 Å². The second-order valence-corrected chi connectivity index (χ2v) is 7.84. The Morgan fingerprint density at radius 3 is 2.43 bits per heavy atom. The molecule has 2 heterocycles. The fraction of sp³-hybridized carbons (Fsp3) is 0.688. The summed E-state index contributed by atoms with van der Waals surface area (Å²) >= 11 is 1.76. The molecule has 2 atom stereocenters. The van der Waals surface area contributed by atoms with Gasteiger partial charge in [-0.2, -0.15) is 0 Å². The van der Waals surface area contributed by atoms with Crippen molar-refractivity contribution in [3.63, 3.8) is 0 Å². The van der Waals surface area contributed by atoms with Gasteiger partial charge in [0.05, 0.1) is 12.1 Å². The van der Waals surface area contributed by atoms with Crippen LogP contribution in [-0.2, 0) is 4.79 Å². The minimum atomic E-state index is -0.472. The van der Waals surface area contributed by atoms with Crippen LogP contribution in [0.2, 0.25) is 0 Å². The molecule has 1 amide bonds. The van der Waals surface area contributed by atoms with Gasteiger partial charge >= 0.3 is 0 Å². The van der Waals surface area contributed by atoms with Crippen molar-refractivity contribution in [3.8, 4) is 0 Å². The van der Waals surface area contributed by atoms with Crippen molar-refractivity contribution in [1.29, 1.82) is 0 Å². The normalized spacial score (nSPS) is 17.7. The van der Waals surface area contributed by atoms with Crippen molar-refractivity contribution < 1.29 is 4.79 Å². The number of rotatable bonds is 5. The molecule has 0 spiro atoms. The van der Waals surface area contributed by atoms with Crippen molar-refractivity contribution in [3.05, 3.63) is 22.4 Å². The summed E-state index contributed by atoms with van der Waals surface area (Å²) in [7, 11) is 0. The molecule has 1 unspecified atom stereocenters. The van der Waals surface area contributed by atoms with Crippen LogP contribution in [0.5, 0.6) is 0 Å². The molecular weight excluding hydrogens is 353 g/mol. The third-order valence-corrected chi connectivity index (χ3v) is 5.11. The standard InChI is InChI=1S/C16H27N3OS.2ClH/c1-16(2,3)14(17)15(20)18-11-12(13-7-6-10-21-13)19-8-4-5-9-19;;/h6-7,10,12,14H,4-5,8-9,11,17H2,1-3H3,(H,18,20);2*1H/t12?,14-;;/m1../s1. The van der Waals surface area contributed by atoms with Gasteiger partial charge in [-0.3, -0.25) is 9.69 Å². The predicted molar refractivity (Wildman–Crippen MR) is 103 cm³/mol. The maximum atomic E-state index is 12.2. The summed E-state index contributed by atoms with van der Waals surface area (Å²) in [6.07, 6.45) is 2.49. The van der Waals surface area contributed by atoms with Crippen molar-refractivity contribution in [2.45, 2.75) is 45.7 Å². The lowest BCUT2D eigenvalue weighted by molar-refractivity contribution is -0.124. The van der Waals surface area contributed by atoms with Crippen LogP contribution >= 0.6 is 36.2 Å². The first-order valence-electron chi connectivity index (χ1n) is 7.70. The number of nitrogens with one attached hydrogen (secondary N) is 1. The van der Waals surface area contributed by atoms with Gasteiger partial charge in [-0.05, 0) is 42.8 Å². The average molecular weight is 382 g/mol. The summed E-state index contributed by atoms with van der Waals surface area (Å²) in [4.78, 5) is 16.0. The van der Waals surface area contributed by atoms with E-state index >= 15 is 0 Å². The second kappa shape index (κ2) is 9.84. The van der Waals surface area contributed by atoms with Crippen molar-refractivity contribution >= 4 is 42.1 Å². The van der Waals surface area contributed by atoms with E-state index in [0.29, 0.717) is 6.54 Å². The molecule has 2 rings (SSSR count). The zero-order valence-corrected chi connectivity index (χ0v) is 16.5. The Labute approximate surface area is 156 Å². The van der Waals surface area contributed by atoms with Gasteiger partial charge in [0.2, 0.25) is 5.91 Å². The maximum absolute atomic E-state index is 12.2. The number of nitrogens with two attached hydrogens (primary N) is 1. The minimum absolute atomic E-state index is 0. The Kier molecular flexibility index (Phi) is 9.70. The highest BCUT2D eigenvalue weighted by Crippen LogP contribution is 2.28. The lowest BCUT2D eigenvalue weighted by Crippen LogP contribution is -2.50. The lowest BCUT2D eigenvalue weighted by atomic mass is 9.87. The van der Waals surface area contributed by atoms with E-state index in [9.17, 15) is 4.79 Å². The van der Waals surface area contributed by atoms with E-state index in [2.05, 4.69) is 27.7 Å². The van der Waals surface area contributed by atoms with E-state index in [1.807, 2.05) is 20.8 Å². The number of nitrogens with zero attached hydrogens (tertiary/aromatic N) is 1. The van der Waals surface area contributed by atoms with Crippen LogP contribution in [0.25, 0.3) is 0 Å². The second-order valence-electron chi connectivity index (χ2n) is 6.86. The van der Waals surface area contributed by atoms with Gasteiger partial charge in [0.25, 0.3) is 0 Å². The van der Waals surface area contributed by atoms with Gasteiger partial charge < -0.3 is 11.1 Å². The molecule has 1 saturated heterocycles. The molecule has 1 aliphatic rings. The van der Waals surface area contributed by atoms with Gasteiger partial charge in [0.15, 0.2) is 0 Å². The summed E-state index contributed by atoms with van der Waals surface area (Å²) in [6.45, 7) is 8.86. The molecule has 0 radical (unpaired) electrons. The van der Waals surface area contributed by atoms with E-state index < -0.39 is 6.04 Å². The molecule has 7 heteroatoms. The Morgan fingerprint density at radius 1 is 1.35 bits per heavy atom. The van der Waals surface area contributed by atoms with Gasteiger partial charge in [-0.25, -0.2) is 0 Å². The number of likely N-dealkylation sites (tertiary alicyclic amines) is 1. The van der Waals surface area contributed by atoms with Gasteiger partial charge in [-0.15, -0.1) is 36.2 Å². The topological polar surface area (TPSA) is 58.4 Å². The van der Waals surface area contributed by atoms with Gasteiger partial charge in [-0.1, -0.05) is 26.8 Å². The molecule has 1 fully saturated rings. The number of carbonyl (C=O) groups is 1. The number of hydrogen-bond donors (Lipinski definition) is 2. The van der Waals surface area contributed by atoms with Crippen LogP contribution < -0.4 is 11.1 Å². The molecule has 1 aliphatic heterocycles. The van der Waals surface area contributed by atoms with Gasteiger partial charge in [0.1, 0.15) is 0 Å². The quantitative estimate of drug-likeness (QED) is 0.822. The van der Waals surface area contributed by atoms with E-state index in [-0.39, 0.29) is 42.2 Å². The molecule has 0 bridgehead atoms. The first-order valence-corrected chi connectivity index (χ1v) is 8.58. The summed E-state index contributed by atoms with van der Waals surface area (Å²) < 4.78 is 0. The number of thiophene rings is 1. The van der Waals surface area contributed by atoms with E-state index in [4.69, 9.17) is 5.73 Å². The van der Waals surface area contributed by atoms with Crippen LogP contribution in [0.4, 0.5) is 0 Å². The van der Waals surface area contributed by atoms with E-state index in [0.717, 1.165) is 13.1 Å². The summed E-state index contributed by atoms with van der Waals surface area (Å²) in [5, 5.41) is 5.15. The van der Waals surface area contributed by atoms with E-state index in [1.54, 1.807) is 11.3 Å². The molecule has 134 valence electrons. The highest BCUT2D eigenvalue weighted by molar-refractivity contribution is 7.10. The Balaban J connectivity index is 0.00000242. The summed E-state index contributed by atoms with van der Waals surface area (Å²) in [5.74, 6) is -0.0525.